The summed E-state index contributed by atoms with van der Waals surface area (Å²) in [6, 6.07) is 11.5. The predicted octanol–water partition coefficient (Wildman–Crippen LogP) is 4.08. The van der Waals surface area contributed by atoms with E-state index in [1.54, 1.807) is 24.3 Å². The van der Waals surface area contributed by atoms with E-state index in [2.05, 4.69) is 10.1 Å². The zero-order valence-corrected chi connectivity index (χ0v) is 14.7. The zero-order chi connectivity index (χ0) is 18.3. The van der Waals surface area contributed by atoms with Crippen molar-refractivity contribution in [2.75, 3.05) is 0 Å². The lowest BCUT2D eigenvalue weighted by molar-refractivity contribution is 0.595. The molecule has 8 heteroatoms. The monoisotopic (exact) mass is 388 g/mol. The van der Waals surface area contributed by atoms with Crippen molar-refractivity contribution in [3.05, 3.63) is 86.8 Å². The molecule has 0 spiro atoms. The number of halogens is 3. The summed E-state index contributed by atoms with van der Waals surface area (Å²) in [5.74, 6) is -0.473. The molecule has 0 amide bonds. The lowest BCUT2D eigenvalue weighted by Crippen LogP contribution is -2.21. The van der Waals surface area contributed by atoms with Crippen molar-refractivity contribution in [3.63, 3.8) is 0 Å². The summed E-state index contributed by atoms with van der Waals surface area (Å²) in [5, 5.41) is 5.36. The van der Waals surface area contributed by atoms with Crippen molar-refractivity contribution in [2.45, 2.75) is 6.54 Å². The zero-order valence-electron chi connectivity index (χ0n) is 13.2. The Bertz CT molecular complexity index is 1170. The van der Waals surface area contributed by atoms with Crippen molar-refractivity contribution in [1.82, 2.24) is 19.3 Å². The summed E-state index contributed by atoms with van der Waals surface area (Å²) in [4.78, 5) is 17.1. The van der Waals surface area contributed by atoms with E-state index in [4.69, 9.17) is 23.2 Å². The molecule has 0 fully saturated rings. The average Bonchev–Trinajstić information content (AvgIpc) is 3.05. The standard InChI is InChI=1S/C18H11Cl2FN4O/c19-11-3-1-4-12(7-11)25-17-13(8-23-25)18(26)24(10-22-17)9-14-15(20)5-2-6-16(14)21/h1-8,10H,9H2. The van der Waals surface area contributed by atoms with E-state index >= 15 is 0 Å². The molecule has 0 bridgehead atoms. The van der Waals surface area contributed by atoms with Crippen LogP contribution in [0.25, 0.3) is 16.7 Å². The SMILES string of the molecule is O=c1c2cnn(-c3cccc(Cl)c3)c2ncn1Cc1c(F)cccc1Cl. The van der Waals surface area contributed by atoms with Gasteiger partial charge in [0, 0.05) is 15.6 Å². The normalized spacial score (nSPS) is 11.2. The van der Waals surface area contributed by atoms with Crippen molar-refractivity contribution in [3.8, 4) is 5.69 Å². The molecule has 0 saturated heterocycles. The summed E-state index contributed by atoms with van der Waals surface area (Å²) in [7, 11) is 0. The van der Waals surface area contributed by atoms with Crippen molar-refractivity contribution in [1.29, 1.82) is 0 Å². The van der Waals surface area contributed by atoms with Gasteiger partial charge in [0.15, 0.2) is 5.65 Å². The van der Waals surface area contributed by atoms with Crippen LogP contribution in [0.5, 0.6) is 0 Å². The van der Waals surface area contributed by atoms with Crippen LogP contribution < -0.4 is 5.56 Å². The third kappa shape index (κ3) is 2.87. The quantitative estimate of drug-likeness (QED) is 0.531. The van der Waals surface area contributed by atoms with E-state index in [-0.39, 0.29) is 22.7 Å². The van der Waals surface area contributed by atoms with Crippen LogP contribution >= 0.6 is 23.2 Å². The van der Waals surface area contributed by atoms with E-state index in [1.165, 1.54) is 33.9 Å². The van der Waals surface area contributed by atoms with Crippen LogP contribution in [0.2, 0.25) is 10.0 Å². The Morgan fingerprint density at radius 2 is 1.92 bits per heavy atom. The van der Waals surface area contributed by atoms with E-state index in [0.717, 1.165) is 0 Å². The molecule has 4 rings (SSSR count). The van der Waals surface area contributed by atoms with E-state index in [0.29, 0.717) is 21.7 Å². The van der Waals surface area contributed by atoms with Gasteiger partial charge in [0.05, 0.1) is 18.4 Å². The molecular formula is C18H11Cl2FN4O. The van der Waals surface area contributed by atoms with Gasteiger partial charge in [0.1, 0.15) is 17.5 Å². The Balaban J connectivity index is 1.81. The van der Waals surface area contributed by atoms with Gasteiger partial charge in [0.2, 0.25) is 0 Å². The van der Waals surface area contributed by atoms with Crippen LogP contribution in [-0.4, -0.2) is 19.3 Å². The van der Waals surface area contributed by atoms with Gasteiger partial charge in [-0.3, -0.25) is 9.36 Å². The molecule has 130 valence electrons. The second-order valence-electron chi connectivity index (χ2n) is 5.65. The van der Waals surface area contributed by atoms with Crippen LogP contribution in [0.4, 0.5) is 4.39 Å². The van der Waals surface area contributed by atoms with Crippen LogP contribution in [-0.2, 0) is 6.54 Å². The van der Waals surface area contributed by atoms with Gasteiger partial charge in [-0.15, -0.1) is 0 Å². The number of aromatic nitrogens is 4. The molecule has 0 N–H and O–H groups in total. The summed E-state index contributed by atoms with van der Waals surface area (Å²) in [5.41, 5.74) is 0.990. The maximum atomic E-state index is 14.0. The molecule has 0 aliphatic carbocycles. The average molecular weight is 389 g/mol. The maximum absolute atomic E-state index is 14.0. The first-order chi connectivity index (χ1) is 12.5. The van der Waals surface area contributed by atoms with Crippen molar-refractivity contribution in [2.24, 2.45) is 0 Å². The lowest BCUT2D eigenvalue weighted by Gasteiger charge is -2.09. The van der Waals surface area contributed by atoms with Crippen molar-refractivity contribution < 1.29 is 4.39 Å². The van der Waals surface area contributed by atoms with E-state index in [9.17, 15) is 9.18 Å². The van der Waals surface area contributed by atoms with E-state index in [1.807, 2.05) is 6.07 Å². The summed E-state index contributed by atoms with van der Waals surface area (Å²) in [6.07, 6.45) is 2.79. The third-order valence-electron chi connectivity index (χ3n) is 4.00. The highest BCUT2D eigenvalue weighted by molar-refractivity contribution is 6.31. The van der Waals surface area contributed by atoms with Crippen LogP contribution in [0.1, 0.15) is 5.56 Å². The number of nitrogens with zero attached hydrogens (tertiary/aromatic N) is 4. The molecule has 0 aliphatic heterocycles. The topological polar surface area (TPSA) is 52.7 Å². The first-order valence-electron chi connectivity index (χ1n) is 7.66. The van der Waals surface area contributed by atoms with Gasteiger partial charge < -0.3 is 0 Å². The highest BCUT2D eigenvalue weighted by atomic mass is 35.5. The highest BCUT2D eigenvalue weighted by Gasteiger charge is 2.14. The molecular weight excluding hydrogens is 378 g/mol. The molecule has 2 heterocycles. The minimum absolute atomic E-state index is 0.0182. The van der Waals surface area contributed by atoms with Gasteiger partial charge in [-0.25, -0.2) is 14.1 Å². The van der Waals surface area contributed by atoms with Crippen LogP contribution in [0, 0.1) is 5.82 Å². The molecule has 2 aromatic carbocycles. The molecule has 26 heavy (non-hydrogen) atoms. The molecule has 2 aromatic heterocycles. The van der Waals surface area contributed by atoms with Gasteiger partial charge >= 0.3 is 0 Å². The van der Waals surface area contributed by atoms with Crippen molar-refractivity contribution >= 4 is 34.2 Å². The highest BCUT2D eigenvalue weighted by Crippen LogP contribution is 2.20. The Labute approximate surface area is 157 Å². The fourth-order valence-corrected chi connectivity index (χ4v) is 3.12. The Morgan fingerprint density at radius 3 is 2.69 bits per heavy atom. The Hall–Kier alpha value is -2.70. The van der Waals surface area contributed by atoms with Crippen LogP contribution in [0.15, 0.2) is 59.8 Å². The van der Waals surface area contributed by atoms with Gasteiger partial charge in [-0.1, -0.05) is 35.3 Å². The summed E-state index contributed by atoms with van der Waals surface area (Å²) < 4.78 is 16.8. The minimum Gasteiger partial charge on any atom is -0.294 e. The largest absolute Gasteiger partial charge is 0.294 e. The molecule has 0 radical (unpaired) electrons. The van der Waals surface area contributed by atoms with Crippen LogP contribution in [0.3, 0.4) is 0 Å². The fraction of sp³-hybridized carbons (Fsp3) is 0.0556. The third-order valence-corrected chi connectivity index (χ3v) is 4.59. The number of benzene rings is 2. The number of fused-ring (bicyclic) bond motifs is 1. The molecule has 0 atom stereocenters. The number of hydrogen-bond acceptors (Lipinski definition) is 3. The van der Waals surface area contributed by atoms with Gasteiger partial charge in [-0.2, -0.15) is 5.10 Å². The first kappa shape index (κ1) is 16.8. The smallest absolute Gasteiger partial charge is 0.264 e. The van der Waals surface area contributed by atoms with E-state index < -0.39 is 5.82 Å². The summed E-state index contributed by atoms with van der Waals surface area (Å²) >= 11 is 12.1. The van der Waals surface area contributed by atoms with Gasteiger partial charge in [0.25, 0.3) is 5.56 Å². The maximum Gasteiger partial charge on any atom is 0.264 e. The molecule has 4 aromatic rings. The second kappa shape index (κ2) is 6.55. The molecule has 0 saturated carbocycles. The number of hydrogen-bond donors (Lipinski definition) is 0. The number of rotatable bonds is 3. The second-order valence-corrected chi connectivity index (χ2v) is 6.49. The Kier molecular flexibility index (Phi) is 4.22. The lowest BCUT2D eigenvalue weighted by atomic mass is 10.2. The van der Waals surface area contributed by atoms with Gasteiger partial charge in [-0.05, 0) is 30.3 Å². The molecule has 5 nitrogen and oxygen atoms in total. The Morgan fingerprint density at radius 1 is 1.12 bits per heavy atom. The summed E-state index contributed by atoms with van der Waals surface area (Å²) in [6.45, 7) is -0.0182. The molecule has 0 aliphatic rings. The predicted molar refractivity (Wildman–Crippen MR) is 98.6 cm³/mol. The fourth-order valence-electron chi connectivity index (χ4n) is 2.71. The minimum atomic E-state index is -0.473. The first-order valence-corrected chi connectivity index (χ1v) is 8.42. The molecule has 0 unspecified atom stereocenters.